The van der Waals surface area contributed by atoms with Gasteiger partial charge in [-0.05, 0) is 71.1 Å². The third kappa shape index (κ3) is 5.66. The zero-order valence-electron chi connectivity index (χ0n) is 17.0. The number of amides is 1. The Kier molecular flexibility index (Phi) is 6.81. The van der Waals surface area contributed by atoms with Crippen molar-refractivity contribution < 1.29 is 4.79 Å². The number of aryl methyl sites for hydroxylation is 1. The van der Waals surface area contributed by atoms with Gasteiger partial charge in [0.05, 0.1) is 0 Å². The van der Waals surface area contributed by atoms with Crippen LogP contribution in [0.25, 0.3) is 0 Å². The number of rotatable bonds is 8. The van der Waals surface area contributed by atoms with Gasteiger partial charge in [-0.15, -0.1) is 0 Å². The molecule has 0 radical (unpaired) electrons. The molecule has 2 aromatic rings. The summed E-state index contributed by atoms with van der Waals surface area (Å²) in [5, 5.41) is 6.21. The average Bonchev–Trinajstić information content (AvgIpc) is 3.20. The van der Waals surface area contributed by atoms with Gasteiger partial charge < -0.3 is 20.4 Å². The molecule has 150 valence electrons. The number of nitrogens with zero attached hydrogens (tertiary/aromatic N) is 4. The number of benzene rings is 1. The SMILES string of the molecule is Cc1nc(NCCCN(C)C)cc(C(=O)Nc2ccc(N3CCCC3)cc2)n1. The molecule has 28 heavy (non-hydrogen) atoms. The maximum absolute atomic E-state index is 12.6. The zero-order chi connectivity index (χ0) is 19.9. The van der Waals surface area contributed by atoms with E-state index in [2.05, 4.69) is 56.6 Å². The third-order valence-electron chi connectivity index (χ3n) is 4.76. The summed E-state index contributed by atoms with van der Waals surface area (Å²) in [6.45, 7) is 5.81. The standard InChI is InChI=1S/C21H30N6O/c1-16-23-19(15-20(24-16)22-11-6-12-26(2)3)21(28)25-17-7-9-18(10-8-17)27-13-4-5-14-27/h7-10,15H,4-6,11-14H2,1-3H3,(H,25,28)(H,22,23,24). The number of nitrogens with one attached hydrogen (secondary N) is 2. The van der Waals surface area contributed by atoms with Crippen molar-refractivity contribution in [3.8, 4) is 0 Å². The van der Waals surface area contributed by atoms with Crippen LogP contribution >= 0.6 is 0 Å². The minimum atomic E-state index is -0.226. The van der Waals surface area contributed by atoms with E-state index in [4.69, 9.17) is 0 Å². The van der Waals surface area contributed by atoms with Gasteiger partial charge >= 0.3 is 0 Å². The second-order valence-corrected chi connectivity index (χ2v) is 7.46. The van der Waals surface area contributed by atoms with E-state index in [1.54, 1.807) is 13.0 Å². The number of carbonyl (C=O) groups excluding carboxylic acids is 1. The van der Waals surface area contributed by atoms with Crippen molar-refractivity contribution in [3.05, 3.63) is 41.9 Å². The summed E-state index contributed by atoms with van der Waals surface area (Å²) < 4.78 is 0. The van der Waals surface area contributed by atoms with Crippen LogP contribution in [0.4, 0.5) is 17.2 Å². The molecule has 1 amide bonds. The maximum atomic E-state index is 12.6. The lowest BCUT2D eigenvalue weighted by molar-refractivity contribution is 0.102. The fraction of sp³-hybridized carbons (Fsp3) is 0.476. The molecule has 1 aromatic carbocycles. The molecule has 1 fully saturated rings. The summed E-state index contributed by atoms with van der Waals surface area (Å²) in [6.07, 6.45) is 3.50. The smallest absolute Gasteiger partial charge is 0.274 e. The van der Waals surface area contributed by atoms with E-state index in [0.717, 1.165) is 38.3 Å². The Morgan fingerprint density at radius 3 is 2.54 bits per heavy atom. The van der Waals surface area contributed by atoms with Crippen LogP contribution in [-0.2, 0) is 0 Å². The molecule has 1 aliphatic rings. The first-order valence-corrected chi connectivity index (χ1v) is 9.92. The lowest BCUT2D eigenvalue weighted by atomic mass is 10.2. The summed E-state index contributed by atoms with van der Waals surface area (Å²) >= 11 is 0. The minimum absolute atomic E-state index is 0.226. The molecule has 0 atom stereocenters. The summed E-state index contributed by atoms with van der Waals surface area (Å²) in [5.74, 6) is 1.03. The topological polar surface area (TPSA) is 73.4 Å². The number of hydrogen-bond donors (Lipinski definition) is 2. The quantitative estimate of drug-likeness (QED) is 0.684. The van der Waals surface area contributed by atoms with E-state index < -0.39 is 0 Å². The molecule has 1 aliphatic heterocycles. The van der Waals surface area contributed by atoms with E-state index in [0.29, 0.717) is 17.3 Å². The molecule has 0 aliphatic carbocycles. The highest BCUT2D eigenvalue weighted by molar-refractivity contribution is 6.03. The van der Waals surface area contributed by atoms with Crippen LogP contribution in [0.15, 0.2) is 30.3 Å². The molecule has 1 aromatic heterocycles. The predicted molar refractivity (Wildman–Crippen MR) is 114 cm³/mol. The van der Waals surface area contributed by atoms with Crippen LogP contribution in [-0.4, -0.2) is 61.0 Å². The Labute approximate surface area is 167 Å². The second-order valence-electron chi connectivity index (χ2n) is 7.46. The predicted octanol–water partition coefficient (Wildman–Crippen LogP) is 3.00. The fourth-order valence-corrected chi connectivity index (χ4v) is 3.31. The van der Waals surface area contributed by atoms with Gasteiger partial charge in [0.15, 0.2) is 0 Å². The van der Waals surface area contributed by atoms with E-state index >= 15 is 0 Å². The number of anilines is 3. The Balaban J connectivity index is 1.60. The van der Waals surface area contributed by atoms with Crippen LogP contribution in [0, 0.1) is 6.92 Å². The van der Waals surface area contributed by atoms with Crippen molar-refractivity contribution in [2.45, 2.75) is 26.2 Å². The maximum Gasteiger partial charge on any atom is 0.274 e. The molecule has 3 rings (SSSR count). The van der Waals surface area contributed by atoms with E-state index in [9.17, 15) is 4.79 Å². The Morgan fingerprint density at radius 2 is 1.86 bits per heavy atom. The summed E-state index contributed by atoms with van der Waals surface area (Å²) in [5.41, 5.74) is 2.34. The first-order valence-electron chi connectivity index (χ1n) is 9.92. The minimum Gasteiger partial charge on any atom is -0.372 e. The molecule has 2 heterocycles. The van der Waals surface area contributed by atoms with Crippen LogP contribution < -0.4 is 15.5 Å². The van der Waals surface area contributed by atoms with Gasteiger partial charge in [0.25, 0.3) is 5.91 Å². The van der Waals surface area contributed by atoms with E-state index in [-0.39, 0.29) is 5.91 Å². The molecule has 0 bridgehead atoms. The Bertz CT molecular complexity index is 784. The average molecular weight is 383 g/mol. The van der Waals surface area contributed by atoms with Crippen molar-refractivity contribution >= 4 is 23.1 Å². The Morgan fingerprint density at radius 1 is 1.14 bits per heavy atom. The monoisotopic (exact) mass is 382 g/mol. The molecule has 7 heteroatoms. The van der Waals surface area contributed by atoms with Crippen LogP contribution in [0.2, 0.25) is 0 Å². The van der Waals surface area contributed by atoms with Crippen molar-refractivity contribution in [1.29, 1.82) is 0 Å². The first-order chi connectivity index (χ1) is 13.5. The molecule has 0 spiro atoms. The molecule has 2 N–H and O–H groups in total. The number of aromatic nitrogens is 2. The first kappa shape index (κ1) is 20.1. The van der Waals surface area contributed by atoms with E-state index in [1.165, 1.54) is 18.5 Å². The largest absolute Gasteiger partial charge is 0.372 e. The van der Waals surface area contributed by atoms with Gasteiger partial charge in [0, 0.05) is 37.1 Å². The fourth-order valence-electron chi connectivity index (χ4n) is 3.31. The summed E-state index contributed by atoms with van der Waals surface area (Å²) in [7, 11) is 4.10. The highest BCUT2D eigenvalue weighted by atomic mass is 16.1. The van der Waals surface area contributed by atoms with Crippen molar-refractivity contribution in [2.75, 3.05) is 55.8 Å². The summed E-state index contributed by atoms with van der Waals surface area (Å²) in [4.78, 5) is 25.8. The van der Waals surface area contributed by atoms with E-state index in [1.807, 2.05) is 12.1 Å². The normalized spacial score (nSPS) is 13.8. The second kappa shape index (κ2) is 9.50. The summed E-state index contributed by atoms with van der Waals surface area (Å²) in [6, 6.07) is 9.71. The lowest BCUT2D eigenvalue weighted by Gasteiger charge is -2.17. The van der Waals surface area contributed by atoms with Crippen LogP contribution in [0.3, 0.4) is 0 Å². The molecule has 0 unspecified atom stereocenters. The molecular weight excluding hydrogens is 352 g/mol. The Hall–Kier alpha value is -2.67. The van der Waals surface area contributed by atoms with Gasteiger partial charge in [-0.2, -0.15) is 0 Å². The highest BCUT2D eigenvalue weighted by Gasteiger charge is 2.14. The zero-order valence-corrected chi connectivity index (χ0v) is 17.0. The van der Waals surface area contributed by atoms with Crippen molar-refractivity contribution in [2.24, 2.45) is 0 Å². The van der Waals surface area contributed by atoms with Gasteiger partial charge in [-0.3, -0.25) is 4.79 Å². The molecule has 7 nitrogen and oxygen atoms in total. The molecular formula is C21H30N6O. The van der Waals surface area contributed by atoms with Crippen molar-refractivity contribution in [3.63, 3.8) is 0 Å². The van der Waals surface area contributed by atoms with Crippen LogP contribution in [0.1, 0.15) is 35.6 Å². The highest BCUT2D eigenvalue weighted by Crippen LogP contribution is 2.22. The van der Waals surface area contributed by atoms with Crippen LogP contribution in [0.5, 0.6) is 0 Å². The molecule has 0 saturated carbocycles. The van der Waals surface area contributed by atoms with Gasteiger partial charge in [0.2, 0.25) is 0 Å². The number of hydrogen-bond acceptors (Lipinski definition) is 6. The number of carbonyl (C=O) groups is 1. The van der Waals surface area contributed by atoms with Gasteiger partial charge in [-0.1, -0.05) is 0 Å². The lowest BCUT2D eigenvalue weighted by Crippen LogP contribution is -2.19. The van der Waals surface area contributed by atoms with Crippen molar-refractivity contribution in [1.82, 2.24) is 14.9 Å². The van der Waals surface area contributed by atoms with Gasteiger partial charge in [0.1, 0.15) is 17.3 Å². The molecule has 1 saturated heterocycles. The third-order valence-corrected chi connectivity index (χ3v) is 4.76. The van der Waals surface area contributed by atoms with Gasteiger partial charge in [-0.25, -0.2) is 9.97 Å².